The Hall–Kier alpha value is -1.04. The van der Waals surface area contributed by atoms with Crippen LogP contribution in [-0.2, 0) is 4.79 Å². The Morgan fingerprint density at radius 3 is 2.63 bits per heavy atom. The van der Waals surface area contributed by atoms with Crippen LogP contribution in [-0.4, -0.2) is 44.4 Å². The molecule has 6 heteroatoms. The fraction of sp³-hybridized carbons (Fsp3) is 0.769. The van der Waals surface area contributed by atoms with Gasteiger partial charge in [-0.3, -0.25) is 4.79 Å². The molecule has 0 bridgehead atoms. The molecule has 1 aromatic rings. The minimum atomic E-state index is 0.227. The van der Waals surface area contributed by atoms with Gasteiger partial charge in [0, 0.05) is 19.1 Å². The molecule has 0 saturated carbocycles. The molecular weight excluding hydrogens is 260 g/mol. The van der Waals surface area contributed by atoms with Crippen molar-refractivity contribution in [2.24, 2.45) is 0 Å². The predicted molar refractivity (Wildman–Crippen MR) is 76.2 cm³/mol. The van der Waals surface area contributed by atoms with Gasteiger partial charge in [-0.05, 0) is 26.7 Å². The SMILES string of the molecule is CC(C)n1cnnc1SCC(=O)N1CCCCCC1. The maximum atomic E-state index is 12.2. The lowest BCUT2D eigenvalue weighted by atomic mass is 10.2. The zero-order valence-corrected chi connectivity index (χ0v) is 12.5. The molecule has 0 atom stereocenters. The molecular formula is C13H22N4OS. The summed E-state index contributed by atoms with van der Waals surface area (Å²) in [6.07, 6.45) is 6.50. The Kier molecular flexibility index (Phi) is 5.24. The van der Waals surface area contributed by atoms with Crippen LogP contribution in [0.5, 0.6) is 0 Å². The molecule has 0 unspecified atom stereocenters. The van der Waals surface area contributed by atoms with E-state index < -0.39 is 0 Å². The monoisotopic (exact) mass is 282 g/mol. The van der Waals surface area contributed by atoms with Crippen molar-refractivity contribution in [1.82, 2.24) is 19.7 Å². The Morgan fingerprint density at radius 2 is 2.00 bits per heavy atom. The highest BCUT2D eigenvalue weighted by Crippen LogP contribution is 2.20. The summed E-state index contributed by atoms with van der Waals surface area (Å²) in [5, 5.41) is 8.83. The van der Waals surface area contributed by atoms with Gasteiger partial charge >= 0.3 is 0 Å². The second-order valence-corrected chi connectivity index (χ2v) is 6.14. The van der Waals surface area contributed by atoms with Crippen molar-refractivity contribution in [2.45, 2.75) is 50.7 Å². The second kappa shape index (κ2) is 6.93. The molecule has 0 aliphatic carbocycles. The van der Waals surface area contributed by atoms with Crippen LogP contribution in [0, 0.1) is 0 Å². The molecule has 2 rings (SSSR count). The Labute approximate surface area is 118 Å². The van der Waals surface area contributed by atoms with E-state index in [0.717, 1.165) is 31.1 Å². The molecule has 1 saturated heterocycles. The Bertz CT molecular complexity index is 411. The molecule has 1 aliphatic heterocycles. The van der Waals surface area contributed by atoms with Gasteiger partial charge in [0.25, 0.3) is 0 Å². The smallest absolute Gasteiger partial charge is 0.233 e. The largest absolute Gasteiger partial charge is 0.342 e. The second-order valence-electron chi connectivity index (χ2n) is 5.20. The summed E-state index contributed by atoms with van der Waals surface area (Å²) in [4.78, 5) is 14.2. The first-order chi connectivity index (χ1) is 9.18. The highest BCUT2D eigenvalue weighted by Gasteiger charge is 2.17. The van der Waals surface area contributed by atoms with Crippen molar-refractivity contribution >= 4 is 17.7 Å². The van der Waals surface area contributed by atoms with Crippen LogP contribution in [0.4, 0.5) is 0 Å². The number of rotatable bonds is 4. The van der Waals surface area contributed by atoms with E-state index in [2.05, 4.69) is 24.0 Å². The number of aromatic nitrogens is 3. The number of hydrogen-bond acceptors (Lipinski definition) is 4. The molecule has 0 spiro atoms. The van der Waals surface area contributed by atoms with Crippen LogP contribution in [0.25, 0.3) is 0 Å². The summed E-state index contributed by atoms with van der Waals surface area (Å²) < 4.78 is 2.00. The van der Waals surface area contributed by atoms with Crippen molar-refractivity contribution in [3.8, 4) is 0 Å². The average molecular weight is 282 g/mol. The third kappa shape index (κ3) is 3.96. The quantitative estimate of drug-likeness (QED) is 0.796. The molecule has 106 valence electrons. The highest BCUT2D eigenvalue weighted by molar-refractivity contribution is 7.99. The minimum absolute atomic E-state index is 0.227. The molecule has 2 heterocycles. The van der Waals surface area contributed by atoms with Gasteiger partial charge in [0.1, 0.15) is 6.33 Å². The number of thioether (sulfide) groups is 1. The maximum absolute atomic E-state index is 12.2. The van der Waals surface area contributed by atoms with Gasteiger partial charge in [-0.15, -0.1) is 10.2 Å². The molecule has 0 radical (unpaired) electrons. The number of amides is 1. The van der Waals surface area contributed by atoms with E-state index in [1.807, 2.05) is 9.47 Å². The molecule has 5 nitrogen and oxygen atoms in total. The van der Waals surface area contributed by atoms with Gasteiger partial charge in [-0.1, -0.05) is 24.6 Å². The fourth-order valence-electron chi connectivity index (χ4n) is 2.23. The fourth-order valence-corrected chi connectivity index (χ4v) is 3.17. The molecule has 1 fully saturated rings. The van der Waals surface area contributed by atoms with E-state index in [1.54, 1.807) is 6.33 Å². The van der Waals surface area contributed by atoms with Crippen molar-refractivity contribution in [3.05, 3.63) is 6.33 Å². The summed E-state index contributed by atoms with van der Waals surface area (Å²) >= 11 is 1.49. The van der Waals surface area contributed by atoms with Gasteiger partial charge in [0.15, 0.2) is 5.16 Å². The molecule has 1 aromatic heterocycles. The van der Waals surface area contributed by atoms with E-state index in [1.165, 1.54) is 24.6 Å². The molecule has 19 heavy (non-hydrogen) atoms. The van der Waals surface area contributed by atoms with E-state index in [-0.39, 0.29) is 5.91 Å². The standard InChI is InChI=1S/C13H22N4OS/c1-11(2)17-10-14-15-13(17)19-9-12(18)16-7-5-3-4-6-8-16/h10-11H,3-9H2,1-2H3. The van der Waals surface area contributed by atoms with Crippen LogP contribution in [0.3, 0.4) is 0 Å². The van der Waals surface area contributed by atoms with Crippen LogP contribution in [0.2, 0.25) is 0 Å². The maximum Gasteiger partial charge on any atom is 0.233 e. The van der Waals surface area contributed by atoms with Crippen LogP contribution < -0.4 is 0 Å². The third-order valence-electron chi connectivity index (χ3n) is 3.38. The molecule has 0 N–H and O–H groups in total. The predicted octanol–water partition coefficient (Wildman–Crippen LogP) is 2.35. The van der Waals surface area contributed by atoms with E-state index >= 15 is 0 Å². The third-order valence-corrected chi connectivity index (χ3v) is 4.32. The summed E-state index contributed by atoms with van der Waals surface area (Å²) in [7, 11) is 0. The number of carbonyl (C=O) groups is 1. The molecule has 1 aliphatic rings. The number of carbonyl (C=O) groups excluding carboxylic acids is 1. The lowest BCUT2D eigenvalue weighted by molar-refractivity contribution is -0.128. The average Bonchev–Trinajstić information content (AvgIpc) is 2.69. The lowest BCUT2D eigenvalue weighted by Crippen LogP contribution is -2.33. The lowest BCUT2D eigenvalue weighted by Gasteiger charge is -2.20. The normalized spacial score (nSPS) is 16.7. The summed E-state index contributed by atoms with van der Waals surface area (Å²) in [6, 6.07) is 0.325. The van der Waals surface area contributed by atoms with Crippen molar-refractivity contribution < 1.29 is 4.79 Å². The number of nitrogens with zero attached hydrogens (tertiary/aromatic N) is 4. The van der Waals surface area contributed by atoms with Crippen LogP contribution in [0.15, 0.2) is 11.5 Å². The topological polar surface area (TPSA) is 51.0 Å². The number of likely N-dealkylation sites (tertiary alicyclic amines) is 1. The van der Waals surface area contributed by atoms with Crippen molar-refractivity contribution in [2.75, 3.05) is 18.8 Å². The van der Waals surface area contributed by atoms with Gasteiger partial charge in [-0.25, -0.2) is 0 Å². The van der Waals surface area contributed by atoms with Crippen LogP contribution in [0.1, 0.15) is 45.6 Å². The zero-order valence-electron chi connectivity index (χ0n) is 11.7. The number of hydrogen-bond donors (Lipinski definition) is 0. The van der Waals surface area contributed by atoms with E-state index in [9.17, 15) is 4.79 Å². The Morgan fingerprint density at radius 1 is 1.32 bits per heavy atom. The van der Waals surface area contributed by atoms with Gasteiger partial charge in [0.05, 0.1) is 5.75 Å². The summed E-state index contributed by atoms with van der Waals surface area (Å²) in [6.45, 7) is 6.00. The first-order valence-electron chi connectivity index (χ1n) is 6.98. The van der Waals surface area contributed by atoms with Gasteiger partial charge in [-0.2, -0.15) is 0 Å². The van der Waals surface area contributed by atoms with Crippen molar-refractivity contribution in [3.63, 3.8) is 0 Å². The zero-order chi connectivity index (χ0) is 13.7. The van der Waals surface area contributed by atoms with Crippen molar-refractivity contribution in [1.29, 1.82) is 0 Å². The highest BCUT2D eigenvalue weighted by atomic mass is 32.2. The first-order valence-corrected chi connectivity index (χ1v) is 7.97. The van der Waals surface area contributed by atoms with E-state index in [4.69, 9.17) is 0 Å². The van der Waals surface area contributed by atoms with Crippen LogP contribution >= 0.6 is 11.8 Å². The van der Waals surface area contributed by atoms with Gasteiger partial charge in [0.2, 0.25) is 5.91 Å². The molecule has 0 aromatic carbocycles. The first kappa shape index (κ1) is 14.4. The summed E-state index contributed by atoms with van der Waals surface area (Å²) in [5.41, 5.74) is 0. The van der Waals surface area contributed by atoms with E-state index in [0.29, 0.717) is 11.8 Å². The Balaban J connectivity index is 1.87. The minimum Gasteiger partial charge on any atom is -0.342 e. The van der Waals surface area contributed by atoms with Gasteiger partial charge < -0.3 is 9.47 Å². The summed E-state index contributed by atoms with van der Waals surface area (Å²) in [5.74, 6) is 0.691. The molecule has 1 amide bonds.